The van der Waals surface area contributed by atoms with E-state index in [1.165, 1.54) is 5.56 Å². The van der Waals surface area contributed by atoms with Crippen LogP contribution in [0, 0.1) is 13.8 Å². The zero-order valence-corrected chi connectivity index (χ0v) is 6.89. The molecule has 0 fully saturated rings. The Balaban J connectivity index is 3.27. The molecule has 0 radical (unpaired) electrons. The minimum Gasteiger partial charge on any atom is -0.287 e. The van der Waals surface area contributed by atoms with Crippen LogP contribution < -0.4 is 11.1 Å². The Kier molecular flexibility index (Phi) is 1.94. The lowest BCUT2D eigenvalue weighted by Crippen LogP contribution is -2.46. The lowest BCUT2D eigenvalue weighted by molar-refractivity contribution is -0.114. The molecule has 0 saturated carbocycles. The number of hydrogen-bond acceptors (Lipinski definition) is 0. The van der Waals surface area contributed by atoms with Gasteiger partial charge in [0.1, 0.15) is 0 Å². The summed E-state index contributed by atoms with van der Waals surface area (Å²) in [6.45, 7) is 4.06. The van der Waals surface area contributed by atoms with Gasteiger partial charge in [-0.25, -0.2) is 0 Å². The Morgan fingerprint density at radius 3 is 2.45 bits per heavy atom. The van der Waals surface area contributed by atoms with Crippen molar-refractivity contribution in [1.82, 2.24) is 0 Å². The van der Waals surface area contributed by atoms with Crippen LogP contribution in [0.2, 0.25) is 0 Å². The fourth-order valence-corrected chi connectivity index (χ4v) is 1.06. The van der Waals surface area contributed by atoms with Crippen molar-refractivity contribution < 1.29 is 5.41 Å². The minimum absolute atomic E-state index is 0.395. The van der Waals surface area contributed by atoms with Gasteiger partial charge in [0.05, 0.1) is 5.56 Å². The van der Waals surface area contributed by atoms with Gasteiger partial charge in [0.15, 0.2) is 0 Å². The second-order valence-corrected chi connectivity index (χ2v) is 2.70. The van der Waals surface area contributed by atoms with Crippen LogP contribution in [0.25, 0.3) is 0 Å². The molecule has 4 N–H and O–H groups in total. The number of nitrogens with two attached hydrogens (primary N) is 2. The van der Waals surface area contributed by atoms with Gasteiger partial charge in [-0.3, -0.25) is 11.1 Å². The number of hydrogen-bond donors (Lipinski definition) is 2. The number of rotatable bonds is 1. The summed E-state index contributed by atoms with van der Waals surface area (Å²) in [5.74, 6) is 0.395. The highest BCUT2D eigenvalue weighted by atomic mass is 14.7. The lowest BCUT2D eigenvalue weighted by atomic mass is 10.0. The summed E-state index contributed by atoms with van der Waals surface area (Å²) in [5, 5.41) is 5.48. The van der Waals surface area contributed by atoms with E-state index in [1.54, 1.807) is 0 Å². The summed E-state index contributed by atoms with van der Waals surface area (Å²) in [6.07, 6.45) is 0. The van der Waals surface area contributed by atoms with Gasteiger partial charge in [0, 0.05) is 0 Å². The van der Waals surface area contributed by atoms with Crippen molar-refractivity contribution in [2.24, 2.45) is 5.73 Å². The van der Waals surface area contributed by atoms with Crippen LogP contribution >= 0.6 is 0 Å². The van der Waals surface area contributed by atoms with Gasteiger partial charge in [-0.05, 0) is 31.0 Å². The first-order chi connectivity index (χ1) is 5.13. The molecule has 1 aromatic rings. The van der Waals surface area contributed by atoms with Crippen LogP contribution in [0.1, 0.15) is 16.7 Å². The molecule has 0 bridgehead atoms. The average Bonchev–Trinajstić information content (AvgIpc) is 1.94. The van der Waals surface area contributed by atoms with E-state index in [0.29, 0.717) is 5.84 Å². The molecule has 0 heterocycles. The Morgan fingerprint density at radius 1 is 1.36 bits per heavy atom. The Bertz CT molecular complexity index is 290. The van der Waals surface area contributed by atoms with E-state index < -0.39 is 0 Å². The van der Waals surface area contributed by atoms with E-state index in [0.717, 1.165) is 11.1 Å². The van der Waals surface area contributed by atoms with Crippen molar-refractivity contribution in [3.8, 4) is 0 Å². The molecule has 0 amide bonds. The van der Waals surface area contributed by atoms with Crippen molar-refractivity contribution >= 4 is 5.84 Å². The number of benzene rings is 1. The standard InChI is InChI=1S/C9H12N2/c1-6-4-3-5-8(7(6)2)9(10)11/h3-5H,1-2H3,(H3,10,11)/p+1. The topological polar surface area (TPSA) is 51.6 Å². The fraction of sp³-hybridized carbons (Fsp3) is 0.222. The van der Waals surface area contributed by atoms with E-state index in [-0.39, 0.29) is 0 Å². The summed E-state index contributed by atoms with van der Waals surface area (Å²) in [6, 6.07) is 5.93. The van der Waals surface area contributed by atoms with Crippen LogP contribution in [0.3, 0.4) is 0 Å². The Hall–Kier alpha value is -1.31. The lowest BCUT2D eigenvalue weighted by Gasteiger charge is -2.02. The third-order valence-electron chi connectivity index (χ3n) is 1.92. The van der Waals surface area contributed by atoms with Gasteiger partial charge >= 0.3 is 0 Å². The first-order valence-electron chi connectivity index (χ1n) is 3.57. The molecule has 58 valence electrons. The van der Waals surface area contributed by atoms with Crippen LogP contribution in [0.15, 0.2) is 18.2 Å². The van der Waals surface area contributed by atoms with Crippen LogP contribution in [0.4, 0.5) is 0 Å². The first-order valence-corrected chi connectivity index (χ1v) is 3.57. The van der Waals surface area contributed by atoms with Gasteiger partial charge in [0.25, 0.3) is 5.84 Å². The molecule has 0 aliphatic rings. The molecular formula is C9H13N2+. The predicted molar refractivity (Wildman–Crippen MR) is 46.1 cm³/mol. The average molecular weight is 149 g/mol. The maximum Gasteiger partial charge on any atom is 0.270 e. The summed E-state index contributed by atoms with van der Waals surface area (Å²) < 4.78 is 0. The highest BCUT2D eigenvalue weighted by Crippen LogP contribution is 2.10. The van der Waals surface area contributed by atoms with E-state index in [9.17, 15) is 0 Å². The molecule has 1 rings (SSSR count). The minimum atomic E-state index is 0.395. The van der Waals surface area contributed by atoms with E-state index in [4.69, 9.17) is 11.1 Å². The molecule has 0 aromatic heterocycles. The van der Waals surface area contributed by atoms with E-state index >= 15 is 0 Å². The second kappa shape index (κ2) is 2.74. The van der Waals surface area contributed by atoms with Crippen molar-refractivity contribution in [1.29, 1.82) is 0 Å². The van der Waals surface area contributed by atoms with Gasteiger partial charge in [-0.2, -0.15) is 0 Å². The monoisotopic (exact) mass is 149 g/mol. The van der Waals surface area contributed by atoms with Gasteiger partial charge in [0.2, 0.25) is 0 Å². The van der Waals surface area contributed by atoms with Gasteiger partial charge in [-0.15, -0.1) is 0 Å². The quantitative estimate of drug-likeness (QED) is 0.420. The number of amidine groups is 1. The molecule has 0 aliphatic carbocycles. The predicted octanol–water partition coefficient (Wildman–Crippen LogP) is -0.232. The second-order valence-electron chi connectivity index (χ2n) is 2.70. The smallest absolute Gasteiger partial charge is 0.270 e. The third-order valence-corrected chi connectivity index (χ3v) is 1.92. The van der Waals surface area contributed by atoms with Crippen LogP contribution in [0.5, 0.6) is 0 Å². The maximum atomic E-state index is 5.48. The Morgan fingerprint density at radius 2 is 2.00 bits per heavy atom. The zero-order chi connectivity index (χ0) is 8.43. The molecule has 0 saturated heterocycles. The normalized spacial score (nSPS) is 9.64. The summed E-state index contributed by atoms with van der Waals surface area (Å²) >= 11 is 0. The van der Waals surface area contributed by atoms with Gasteiger partial charge in [-0.1, -0.05) is 12.1 Å². The largest absolute Gasteiger partial charge is 0.287 e. The number of aryl methyl sites for hydroxylation is 1. The molecule has 0 spiro atoms. The maximum absolute atomic E-state index is 5.48. The van der Waals surface area contributed by atoms with E-state index in [2.05, 4.69) is 0 Å². The molecule has 0 atom stereocenters. The van der Waals surface area contributed by atoms with Crippen molar-refractivity contribution in [3.63, 3.8) is 0 Å². The molecule has 2 nitrogen and oxygen atoms in total. The highest BCUT2D eigenvalue weighted by molar-refractivity contribution is 5.94. The Labute approximate surface area is 66.6 Å². The van der Waals surface area contributed by atoms with Crippen molar-refractivity contribution in [3.05, 3.63) is 34.9 Å². The molecule has 1 aromatic carbocycles. The SMILES string of the molecule is Cc1cccc(C(N)=[NH2+])c1C. The summed E-state index contributed by atoms with van der Waals surface area (Å²) in [5.41, 5.74) is 8.81. The molecule has 0 aliphatic heterocycles. The zero-order valence-electron chi connectivity index (χ0n) is 6.89. The molecular weight excluding hydrogens is 136 g/mol. The first kappa shape index (κ1) is 7.79. The van der Waals surface area contributed by atoms with Crippen LogP contribution in [-0.4, -0.2) is 5.84 Å². The van der Waals surface area contributed by atoms with Crippen LogP contribution in [-0.2, 0) is 0 Å². The molecule has 0 unspecified atom stereocenters. The van der Waals surface area contributed by atoms with Crippen molar-refractivity contribution in [2.75, 3.05) is 0 Å². The summed E-state index contributed by atoms with van der Waals surface area (Å²) in [4.78, 5) is 0. The highest BCUT2D eigenvalue weighted by Gasteiger charge is 2.05. The van der Waals surface area contributed by atoms with Crippen molar-refractivity contribution in [2.45, 2.75) is 13.8 Å². The molecule has 2 heteroatoms. The fourth-order valence-electron chi connectivity index (χ4n) is 1.06. The van der Waals surface area contributed by atoms with Gasteiger partial charge < -0.3 is 0 Å². The molecule has 11 heavy (non-hydrogen) atoms. The summed E-state index contributed by atoms with van der Waals surface area (Å²) in [7, 11) is 0. The van der Waals surface area contributed by atoms with E-state index in [1.807, 2.05) is 32.0 Å². The third kappa shape index (κ3) is 1.40.